The minimum atomic E-state index is -1.13. The fourth-order valence-corrected chi connectivity index (χ4v) is 7.69. The topological polar surface area (TPSA) is 102 Å². The summed E-state index contributed by atoms with van der Waals surface area (Å²) in [5.41, 5.74) is 0. The fourth-order valence-electron chi connectivity index (χ4n) is 7.69. The summed E-state index contributed by atoms with van der Waals surface area (Å²) in [5, 5.41) is 11.7. The van der Waals surface area contributed by atoms with Crippen LogP contribution in [0.5, 0.6) is 0 Å². The van der Waals surface area contributed by atoms with Crippen molar-refractivity contribution in [3.8, 4) is 0 Å². The summed E-state index contributed by atoms with van der Waals surface area (Å²) in [6.07, 6.45) is 55.7. The van der Waals surface area contributed by atoms with E-state index in [1.165, 1.54) is 128 Å². The third-order valence-electron chi connectivity index (χ3n) is 11.7. The first-order valence-corrected chi connectivity index (χ1v) is 26.2. The quantitative estimate of drug-likeness (QED) is 0.0197. The molecule has 0 fully saturated rings. The highest BCUT2D eigenvalue weighted by molar-refractivity contribution is 5.70. The van der Waals surface area contributed by atoms with Crippen molar-refractivity contribution >= 4 is 17.9 Å². The van der Waals surface area contributed by atoms with Crippen LogP contribution in [0.2, 0.25) is 0 Å². The Morgan fingerprint density at radius 3 is 1.40 bits per heavy atom. The Balaban J connectivity index is 4.24. The number of aliphatic carboxylic acids is 1. The Bertz CT molecular complexity index is 1170. The molecule has 0 saturated heterocycles. The van der Waals surface area contributed by atoms with Crippen molar-refractivity contribution in [3.05, 3.63) is 48.6 Å². The zero-order valence-corrected chi connectivity index (χ0v) is 41.7. The van der Waals surface area contributed by atoms with Gasteiger partial charge in [0.1, 0.15) is 12.6 Å². The number of quaternary nitrogens is 1. The maximum Gasteiger partial charge on any atom is 0.306 e. The fraction of sp³-hybridized carbons (Fsp3) is 0.800. The highest BCUT2D eigenvalue weighted by Gasteiger charge is 2.25. The normalized spacial score (nSPS) is 13.2. The van der Waals surface area contributed by atoms with E-state index in [1.807, 2.05) is 0 Å². The Kier molecular flexibility index (Phi) is 43.9. The molecule has 8 nitrogen and oxygen atoms in total. The number of hydrogen-bond donors (Lipinski definition) is 0. The van der Waals surface area contributed by atoms with Crippen molar-refractivity contribution < 1.29 is 38.2 Å². The van der Waals surface area contributed by atoms with Crippen LogP contribution in [-0.2, 0) is 28.6 Å². The molecule has 0 amide bonds. The van der Waals surface area contributed by atoms with E-state index < -0.39 is 18.1 Å². The molecule has 63 heavy (non-hydrogen) atoms. The van der Waals surface area contributed by atoms with E-state index >= 15 is 0 Å². The first kappa shape index (κ1) is 60.3. The number of likely N-dealkylation sites (N-methyl/N-ethyl adjacent to an activating group) is 1. The maximum absolute atomic E-state index is 12.8. The van der Waals surface area contributed by atoms with Crippen LogP contribution in [-0.4, -0.2) is 75.5 Å². The molecule has 0 rings (SSSR count). The van der Waals surface area contributed by atoms with Gasteiger partial charge in [-0.25, -0.2) is 0 Å². The first-order valence-electron chi connectivity index (χ1n) is 26.2. The van der Waals surface area contributed by atoms with Gasteiger partial charge in [0.2, 0.25) is 0 Å². The number of nitrogens with zero attached hydrogens (tertiary/aromatic N) is 1. The third kappa shape index (κ3) is 44.3. The van der Waals surface area contributed by atoms with Crippen LogP contribution in [0.3, 0.4) is 0 Å². The van der Waals surface area contributed by atoms with Crippen LogP contribution in [0.25, 0.3) is 0 Å². The smallest absolute Gasteiger partial charge is 0.306 e. The molecule has 0 bridgehead atoms. The van der Waals surface area contributed by atoms with Crippen molar-refractivity contribution in [1.29, 1.82) is 0 Å². The van der Waals surface area contributed by atoms with Crippen LogP contribution >= 0.6 is 0 Å². The first-order chi connectivity index (χ1) is 30.6. The van der Waals surface area contributed by atoms with Gasteiger partial charge >= 0.3 is 11.9 Å². The van der Waals surface area contributed by atoms with Crippen molar-refractivity contribution in [2.75, 3.05) is 41.0 Å². The number of carboxylic acid groups (broad SMARTS) is 1. The molecule has 0 aliphatic rings. The van der Waals surface area contributed by atoms with Gasteiger partial charge in [0.25, 0.3) is 0 Å². The summed E-state index contributed by atoms with van der Waals surface area (Å²) in [4.78, 5) is 37.0. The van der Waals surface area contributed by atoms with E-state index in [9.17, 15) is 19.5 Å². The monoisotopic (exact) mass is 886 g/mol. The SMILES string of the molecule is CC/C=C/C/C=C/CCCCCCCCCCCCCCCCC(=O)OC(COCCC(C(=O)[O-])[N+](C)(C)C)COC(=O)CCCCCCC/C=C/C=C/CCCCCCCCC. The molecule has 0 aliphatic heterocycles. The minimum Gasteiger partial charge on any atom is -0.544 e. The van der Waals surface area contributed by atoms with Crippen molar-refractivity contribution in [1.82, 2.24) is 0 Å². The largest absolute Gasteiger partial charge is 0.544 e. The summed E-state index contributed by atoms with van der Waals surface area (Å²) in [7, 11) is 5.41. The summed E-state index contributed by atoms with van der Waals surface area (Å²) < 4.78 is 17.2. The van der Waals surface area contributed by atoms with Crippen molar-refractivity contribution in [2.45, 2.75) is 244 Å². The van der Waals surface area contributed by atoms with Crippen LogP contribution < -0.4 is 5.11 Å². The van der Waals surface area contributed by atoms with Crippen LogP contribution in [0, 0.1) is 0 Å². The van der Waals surface area contributed by atoms with E-state index in [2.05, 4.69) is 62.5 Å². The highest BCUT2D eigenvalue weighted by atomic mass is 16.6. The number of rotatable bonds is 47. The molecule has 0 aromatic rings. The average Bonchev–Trinajstić information content (AvgIpc) is 3.24. The van der Waals surface area contributed by atoms with Gasteiger partial charge in [-0.15, -0.1) is 0 Å². The number of unbranched alkanes of at least 4 members (excludes halogenated alkanes) is 26. The van der Waals surface area contributed by atoms with E-state index in [-0.39, 0.29) is 42.7 Å². The molecule has 0 aromatic carbocycles. The minimum absolute atomic E-state index is 0.0365. The van der Waals surface area contributed by atoms with Crippen LogP contribution in [0.15, 0.2) is 48.6 Å². The second-order valence-electron chi connectivity index (χ2n) is 18.8. The van der Waals surface area contributed by atoms with E-state index in [1.54, 1.807) is 21.1 Å². The Labute approximate surface area is 388 Å². The molecule has 8 heteroatoms. The van der Waals surface area contributed by atoms with E-state index in [4.69, 9.17) is 14.2 Å². The molecule has 0 aliphatic carbocycles. The van der Waals surface area contributed by atoms with E-state index in [0.29, 0.717) is 12.8 Å². The molecule has 0 radical (unpaired) electrons. The summed E-state index contributed by atoms with van der Waals surface area (Å²) in [5.74, 6) is -1.75. The van der Waals surface area contributed by atoms with Gasteiger partial charge in [-0.2, -0.15) is 0 Å². The van der Waals surface area contributed by atoms with Gasteiger partial charge in [0, 0.05) is 19.3 Å². The van der Waals surface area contributed by atoms with Crippen LogP contribution in [0.1, 0.15) is 232 Å². The number of hydrogen-bond acceptors (Lipinski definition) is 7. The lowest BCUT2D eigenvalue weighted by Crippen LogP contribution is -2.55. The molecule has 366 valence electrons. The third-order valence-corrected chi connectivity index (χ3v) is 11.7. The standard InChI is InChI=1S/C55H99NO7/c1-6-8-10-12-14-16-18-20-22-24-26-27-28-30-32-34-36-38-40-42-44-46-54(58)63-51(49-61-48-47-52(55(59)60)56(3,4)5)50-62-53(57)45-43-41-39-37-35-33-31-29-25-23-21-19-17-15-13-11-9-7-2/h8,10,14,16,23,25,29,31,51-52H,6-7,9,11-13,15,17-22,24,26-28,30,32-50H2,1-5H3/b10-8+,16-14+,25-23+,31-29+. The van der Waals surface area contributed by atoms with Crippen LogP contribution in [0.4, 0.5) is 0 Å². The number of carboxylic acids is 1. The zero-order chi connectivity index (χ0) is 46.3. The molecule has 0 N–H and O–H groups in total. The molecule has 0 spiro atoms. The van der Waals surface area contributed by atoms with Gasteiger partial charge in [-0.3, -0.25) is 9.59 Å². The molecule has 2 atom stereocenters. The summed E-state index contributed by atoms with van der Waals surface area (Å²) >= 11 is 0. The average molecular weight is 886 g/mol. The van der Waals surface area contributed by atoms with Gasteiger partial charge in [0.15, 0.2) is 6.10 Å². The number of allylic oxidation sites excluding steroid dienone is 8. The Hall–Kier alpha value is -2.71. The molecule has 0 saturated carbocycles. The van der Waals surface area contributed by atoms with Gasteiger partial charge in [-0.1, -0.05) is 197 Å². The molecule has 0 heterocycles. The van der Waals surface area contributed by atoms with Gasteiger partial charge in [-0.05, 0) is 64.2 Å². The molecular weight excluding hydrogens is 787 g/mol. The molecular formula is C55H99NO7. The Morgan fingerprint density at radius 2 is 0.937 bits per heavy atom. The van der Waals surface area contributed by atoms with Crippen molar-refractivity contribution in [3.63, 3.8) is 0 Å². The highest BCUT2D eigenvalue weighted by Crippen LogP contribution is 2.16. The summed E-state index contributed by atoms with van der Waals surface area (Å²) in [6.45, 7) is 4.57. The zero-order valence-electron chi connectivity index (χ0n) is 41.7. The number of carbonyl (C=O) groups is 3. The number of carbonyl (C=O) groups excluding carboxylic acids is 3. The predicted molar refractivity (Wildman–Crippen MR) is 263 cm³/mol. The molecule has 0 aromatic heterocycles. The maximum atomic E-state index is 12.8. The van der Waals surface area contributed by atoms with E-state index in [0.717, 1.165) is 70.6 Å². The summed E-state index contributed by atoms with van der Waals surface area (Å²) in [6, 6.07) is -0.729. The lowest BCUT2D eigenvalue weighted by atomic mass is 10.0. The number of esters is 2. The van der Waals surface area contributed by atoms with Gasteiger partial charge in [0.05, 0.1) is 40.3 Å². The second-order valence-corrected chi connectivity index (χ2v) is 18.8. The second kappa shape index (κ2) is 45.8. The lowest BCUT2D eigenvalue weighted by molar-refractivity contribution is -0.889. The molecule has 2 unspecified atom stereocenters. The lowest BCUT2D eigenvalue weighted by Gasteiger charge is -2.34. The van der Waals surface area contributed by atoms with Gasteiger partial charge < -0.3 is 28.6 Å². The van der Waals surface area contributed by atoms with Crippen molar-refractivity contribution in [2.24, 2.45) is 0 Å². The predicted octanol–water partition coefficient (Wildman–Crippen LogP) is 13.8. The Morgan fingerprint density at radius 1 is 0.508 bits per heavy atom. The number of ether oxygens (including phenoxy) is 3.